The Morgan fingerprint density at radius 2 is 1.33 bits per heavy atom. The molecule has 1 aliphatic heterocycles. The maximum Gasteiger partial charge on any atom is 0.327 e. The number of aliphatic carboxylic acids is 1. The van der Waals surface area contributed by atoms with E-state index in [4.69, 9.17) is 9.84 Å². The van der Waals surface area contributed by atoms with E-state index in [0.717, 1.165) is 30.8 Å². The summed E-state index contributed by atoms with van der Waals surface area (Å²) in [5.74, 6) is 0.757. The normalized spacial score (nSPS) is 10.9. The van der Waals surface area contributed by atoms with Gasteiger partial charge >= 0.3 is 5.97 Å². The van der Waals surface area contributed by atoms with Gasteiger partial charge in [0.2, 0.25) is 0 Å². The molecule has 0 aromatic heterocycles. The summed E-state index contributed by atoms with van der Waals surface area (Å²) in [6, 6.07) is 19.5. The molecule has 1 fully saturated rings. The van der Waals surface area contributed by atoms with Crippen LogP contribution in [0.4, 0.5) is 0 Å². The molecule has 3 rings (SSSR count). The van der Waals surface area contributed by atoms with Gasteiger partial charge in [0.15, 0.2) is 0 Å². The standard InChI is InChI=1S/C12H10O.C3H4O2.C2H4O/c1-3-7-11(8-4-1)13-12-9-5-2-6-10-12;1-2-3(4)5;1-2-3-1/h1-10H;2H,1H2,(H,4,5);1-2H2. The van der Waals surface area contributed by atoms with Gasteiger partial charge in [-0.05, 0) is 24.3 Å². The number of para-hydroxylation sites is 2. The summed E-state index contributed by atoms with van der Waals surface area (Å²) < 4.78 is 10.1. The first-order chi connectivity index (χ1) is 10.2. The number of ether oxygens (including phenoxy) is 2. The molecule has 0 radical (unpaired) electrons. The topological polar surface area (TPSA) is 59.1 Å². The van der Waals surface area contributed by atoms with Crippen LogP contribution in [0.2, 0.25) is 0 Å². The average Bonchev–Trinajstić information content (AvgIpc) is 3.38. The van der Waals surface area contributed by atoms with Gasteiger partial charge < -0.3 is 14.6 Å². The van der Waals surface area contributed by atoms with Crippen molar-refractivity contribution in [1.29, 1.82) is 0 Å². The van der Waals surface area contributed by atoms with Crippen LogP contribution >= 0.6 is 0 Å². The van der Waals surface area contributed by atoms with E-state index >= 15 is 0 Å². The number of carboxylic acids is 1. The van der Waals surface area contributed by atoms with E-state index in [0.29, 0.717) is 0 Å². The largest absolute Gasteiger partial charge is 0.478 e. The van der Waals surface area contributed by atoms with Crippen molar-refractivity contribution < 1.29 is 19.4 Å². The van der Waals surface area contributed by atoms with E-state index in [1.165, 1.54) is 0 Å². The number of epoxide rings is 1. The highest BCUT2D eigenvalue weighted by atomic mass is 16.6. The Hall–Kier alpha value is -2.59. The van der Waals surface area contributed by atoms with E-state index in [2.05, 4.69) is 11.3 Å². The number of hydrogen-bond acceptors (Lipinski definition) is 3. The molecule has 1 saturated heterocycles. The van der Waals surface area contributed by atoms with Crippen molar-refractivity contribution in [1.82, 2.24) is 0 Å². The third-order valence-corrected chi connectivity index (χ3v) is 2.10. The lowest BCUT2D eigenvalue weighted by atomic mass is 10.3. The molecular formula is C17H18O4. The first-order valence-electron chi connectivity index (χ1n) is 6.43. The van der Waals surface area contributed by atoms with Crippen molar-refractivity contribution in [3.05, 3.63) is 73.3 Å². The summed E-state index contributed by atoms with van der Waals surface area (Å²) in [5.41, 5.74) is 0. The monoisotopic (exact) mass is 286 g/mol. The third-order valence-electron chi connectivity index (χ3n) is 2.10. The van der Waals surface area contributed by atoms with E-state index in [1.54, 1.807) is 0 Å². The van der Waals surface area contributed by atoms with Crippen LogP contribution in [-0.2, 0) is 9.53 Å². The van der Waals surface area contributed by atoms with Gasteiger partial charge in [-0.1, -0.05) is 43.0 Å². The highest BCUT2D eigenvalue weighted by molar-refractivity contribution is 5.78. The number of hydrogen-bond donors (Lipinski definition) is 1. The van der Waals surface area contributed by atoms with Crippen molar-refractivity contribution >= 4 is 5.97 Å². The molecule has 1 aliphatic rings. The van der Waals surface area contributed by atoms with Gasteiger partial charge in [0, 0.05) is 6.08 Å². The van der Waals surface area contributed by atoms with Crippen LogP contribution in [0.5, 0.6) is 11.5 Å². The van der Waals surface area contributed by atoms with Crippen molar-refractivity contribution in [3.63, 3.8) is 0 Å². The van der Waals surface area contributed by atoms with Gasteiger partial charge in [-0.25, -0.2) is 4.79 Å². The second kappa shape index (κ2) is 10.2. The van der Waals surface area contributed by atoms with Crippen molar-refractivity contribution in [2.75, 3.05) is 13.2 Å². The fourth-order valence-electron chi connectivity index (χ4n) is 1.11. The molecule has 21 heavy (non-hydrogen) atoms. The summed E-state index contributed by atoms with van der Waals surface area (Å²) in [6.45, 7) is 4.96. The zero-order chi connectivity index (χ0) is 15.3. The van der Waals surface area contributed by atoms with Gasteiger partial charge in [-0.3, -0.25) is 0 Å². The van der Waals surface area contributed by atoms with Gasteiger partial charge in [0.1, 0.15) is 11.5 Å². The Balaban J connectivity index is 0.000000227. The molecule has 0 unspecified atom stereocenters. The minimum absolute atomic E-state index is 0.833. The molecule has 0 aliphatic carbocycles. The van der Waals surface area contributed by atoms with Gasteiger partial charge in [0.05, 0.1) is 13.2 Å². The predicted molar refractivity (Wildman–Crippen MR) is 81.6 cm³/mol. The molecule has 0 spiro atoms. The summed E-state index contributed by atoms with van der Waals surface area (Å²) in [5, 5.41) is 7.60. The molecule has 1 heterocycles. The molecular weight excluding hydrogens is 268 g/mol. The van der Waals surface area contributed by atoms with Crippen LogP contribution in [0.3, 0.4) is 0 Å². The Morgan fingerprint density at radius 3 is 1.57 bits per heavy atom. The Labute approximate surface area is 124 Å². The molecule has 110 valence electrons. The highest BCUT2D eigenvalue weighted by Gasteiger charge is 1.94. The quantitative estimate of drug-likeness (QED) is 0.689. The molecule has 4 nitrogen and oxygen atoms in total. The van der Waals surface area contributed by atoms with Crippen molar-refractivity contribution in [2.24, 2.45) is 0 Å². The summed E-state index contributed by atoms with van der Waals surface area (Å²) in [4.78, 5) is 9.25. The van der Waals surface area contributed by atoms with Crippen LogP contribution < -0.4 is 4.74 Å². The average molecular weight is 286 g/mol. The highest BCUT2D eigenvalue weighted by Crippen LogP contribution is 2.19. The third kappa shape index (κ3) is 9.92. The number of carbonyl (C=O) groups is 1. The Bertz CT molecular complexity index is 481. The van der Waals surface area contributed by atoms with Crippen molar-refractivity contribution in [2.45, 2.75) is 0 Å². The van der Waals surface area contributed by atoms with E-state index in [9.17, 15) is 4.79 Å². The smallest absolute Gasteiger partial charge is 0.327 e. The summed E-state index contributed by atoms with van der Waals surface area (Å²) in [7, 11) is 0. The van der Waals surface area contributed by atoms with E-state index in [-0.39, 0.29) is 0 Å². The van der Waals surface area contributed by atoms with Gasteiger partial charge in [0.25, 0.3) is 0 Å². The first kappa shape index (κ1) is 16.5. The predicted octanol–water partition coefficient (Wildman–Crippen LogP) is 3.75. The second-order valence-electron chi connectivity index (χ2n) is 3.88. The summed E-state index contributed by atoms with van der Waals surface area (Å²) in [6.07, 6.45) is 0.833. The molecule has 0 bridgehead atoms. The number of rotatable bonds is 3. The van der Waals surface area contributed by atoms with Crippen LogP contribution in [-0.4, -0.2) is 24.3 Å². The second-order valence-corrected chi connectivity index (χ2v) is 3.88. The van der Waals surface area contributed by atoms with Crippen LogP contribution in [0.15, 0.2) is 73.3 Å². The van der Waals surface area contributed by atoms with Crippen LogP contribution in [0.25, 0.3) is 0 Å². The molecule has 0 amide bonds. The van der Waals surface area contributed by atoms with E-state index in [1.807, 2.05) is 60.7 Å². The zero-order valence-corrected chi connectivity index (χ0v) is 11.6. The lowest BCUT2D eigenvalue weighted by molar-refractivity contribution is -0.131. The van der Waals surface area contributed by atoms with Crippen LogP contribution in [0, 0.1) is 0 Å². The number of benzene rings is 2. The molecule has 1 N–H and O–H groups in total. The minimum Gasteiger partial charge on any atom is -0.478 e. The van der Waals surface area contributed by atoms with Gasteiger partial charge in [-0.15, -0.1) is 0 Å². The Kier molecular flexibility index (Phi) is 8.02. The van der Waals surface area contributed by atoms with Gasteiger partial charge in [-0.2, -0.15) is 0 Å². The molecule has 2 aromatic rings. The minimum atomic E-state index is -0.981. The zero-order valence-electron chi connectivity index (χ0n) is 11.6. The van der Waals surface area contributed by atoms with Crippen molar-refractivity contribution in [3.8, 4) is 11.5 Å². The SMILES string of the molecule is C1CO1.C=CC(=O)O.c1ccc(Oc2ccccc2)cc1. The fourth-order valence-corrected chi connectivity index (χ4v) is 1.11. The van der Waals surface area contributed by atoms with E-state index < -0.39 is 5.97 Å². The lowest BCUT2D eigenvalue weighted by Crippen LogP contribution is -1.82. The molecule has 0 atom stereocenters. The number of carboxylic acid groups (broad SMARTS) is 1. The van der Waals surface area contributed by atoms with Crippen LogP contribution in [0.1, 0.15) is 0 Å². The molecule has 4 heteroatoms. The Morgan fingerprint density at radius 1 is 1.00 bits per heavy atom. The maximum absolute atomic E-state index is 9.25. The lowest BCUT2D eigenvalue weighted by Gasteiger charge is -2.03. The summed E-state index contributed by atoms with van der Waals surface area (Å²) >= 11 is 0. The molecule has 0 saturated carbocycles. The fraction of sp³-hybridized carbons (Fsp3) is 0.118. The maximum atomic E-state index is 9.25. The first-order valence-corrected chi connectivity index (χ1v) is 6.43. The molecule has 2 aromatic carbocycles.